The number of carbonyl (C=O) groups is 2. The minimum atomic E-state index is -0.555. The van der Waals surface area contributed by atoms with Crippen molar-refractivity contribution in [2.24, 2.45) is 5.10 Å². The Morgan fingerprint density at radius 1 is 1.14 bits per heavy atom. The van der Waals surface area contributed by atoms with Crippen LogP contribution in [0, 0.1) is 0 Å². The van der Waals surface area contributed by atoms with E-state index < -0.39 is 11.8 Å². The lowest BCUT2D eigenvalue weighted by Gasteiger charge is -2.13. The smallest absolute Gasteiger partial charge is 0.249 e. The number of hydrazone groups is 1. The van der Waals surface area contributed by atoms with Gasteiger partial charge in [-0.2, -0.15) is 5.10 Å². The Morgan fingerprint density at radius 3 is 2.55 bits per heavy atom. The van der Waals surface area contributed by atoms with Crippen LogP contribution in [-0.2, 0) is 9.59 Å². The van der Waals surface area contributed by atoms with Crippen LogP contribution in [0.4, 0.5) is 5.69 Å². The molecule has 2 aromatic rings. The van der Waals surface area contributed by atoms with Crippen molar-refractivity contribution in [1.29, 1.82) is 0 Å². The van der Waals surface area contributed by atoms with Crippen molar-refractivity contribution in [1.82, 2.24) is 5.43 Å². The van der Waals surface area contributed by atoms with E-state index in [2.05, 4.69) is 31.8 Å². The molecule has 9 heteroatoms. The first kappa shape index (κ1) is 22.7. The summed E-state index contributed by atoms with van der Waals surface area (Å²) in [7, 11) is 0. The maximum atomic E-state index is 11.9. The zero-order valence-electron chi connectivity index (χ0n) is 16.0. The van der Waals surface area contributed by atoms with E-state index in [1.807, 2.05) is 13.8 Å². The minimum absolute atomic E-state index is 0.389. The average Bonchev–Trinajstić information content (AvgIpc) is 2.66. The lowest BCUT2D eigenvalue weighted by Crippen LogP contribution is -2.24. The van der Waals surface area contributed by atoms with Gasteiger partial charge >= 0.3 is 0 Å². The van der Waals surface area contributed by atoms with E-state index in [0.29, 0.717) is 45.5 Å². The molecule has 0 heterocycles. The highest BCUT2D eigenvalue weighted by Crippen LogP contribution is 2.36. The molecule has 0 saturated heterocycles. The van der Waals surface area contributed by atoms with Crippen LogP contribution in [0.2, 0.25) is 5.02 Å². The van der Waals surface area contributed by atoms with Crippen LogP contribution < -0.4 is 20.2 Å². The van der Waals surface area contributed by atoms with Gasteiger partial charge in [0.1, 0.15) is 6.42 Å². The predicted molar refractivity (Wildman–Crippen MR) is 117 cm³/mol. The molecule has 0 aliphatic carbocycles. The molecular weight excluding hydrogens is 462 g/mol. The van der Waals surface area contributed by atoms with Crippen LogP contribution in [0.3, 0.4) is 0 Å². The summed E-state index contributed by atoms with van der Waals surface area (Å²) >= 11 is 9.42. The van der Waals surface area contributed by atoms with Crippen molar-refractivity contribution in [3.63, 3.8) is 0 Å². The fourth-order valence-corrected chi connectivity index (χ4v) is 3.09. The first-order valence-corrected chi connectivity index (χ1v) is 10.1. The van der Waals surface area contributed by atoms with Crippen LogP contribution in [0.5, 0.6) is 11.5 Å². The van der Waals surface area contributed by atoms with Gasteiger partial charge in [0.15, 0.2) is 11.5 Å². The third-order valence-corrected chi connectivity index (χ3v) is 4.41. The molecule has 2 amide bonds. The minimum Gasteiger partial charge on any atom is -0.490 e. The first-order chi connectivity index (χ1) is 13.9. The maximum absolute atomic E-state index is 11.9. The van der Waals surface area contributed by atoms with E-state index in [0.717, 1.165) is 0 Å². The second kappa shape index (κ2) is 11.4. The third kappa shape index (κ3) is 7.07. The number of hydrogen-bond acceptors (Lipinski definition) is 5. The zero-order valence-corrected chi connectivity index (χ0v) is 18.3. The summed E-state index contributed by atoms with van der Waals surface area (Å²) in [6.45, 7) is 4.73. The van der Waals surface area contributed by atoms with Gasteiger partial charge in [0.05, 0.1) is 34.6 Å². The Balaban J connectivity index is 1.95. The van der Waals surface area contributed by atoms with E-state index >= 15 is 0 Å². The van der Waals surface area contributed by atoms with Crippen LogP contribution in [0.25, 0.3) is 0 Å². The standard InChI is InChI=1S/C20H21BrClN3O4/c1-3-28-17-10-13(9-14(21)20(17)29-4-2)12-23-25-19(27)11-18(26)24-16-8-6-5-7-15(16)22/h5-10,12H,3-4,11H2,1-2H3,(H,24,26)(H,25,27). The van der Waals surface area contributed by atoms with Gasteiger partial charge in [0.25, 0.3) is 0 Å². The van der Waals surface area contributed by atoms with Gasteiger partial charge in [-0.25, -0.2) is 5.43 Å². The Bertz CT molecular complexity index is 905. The molecule has 0 saturated carbocycles. The van der Waals surface area contributed by atoms with E-state index in [4.69, 9.17) is 21.1 Å². The number of ether oxygens (including phenoxy) is 2. The van der Waals surface area contributed by atoms with Crippen molar-refractivity contribution in [3.05, 3.63) is 51.5 Å². The Labute approximate surface area is 182 Å². The van der Waals surface area contributed by atoms with E-state index in [-0.39, 0.29) is 6.42 Å². The number of amides is 2. The fraction of sp³-hybridized carbons (Fsp3) is 0.250. The summed E-state index contributed by atoms with van der Waals surface area (Å²) in [5.74, 6) is 0.122. The summed E-state index contributed by atoms with van der Waals surface area (Å²) in [6, 6.07) is 10.3. The molecule has 0 radical (unpaired) electrons. The van der Waals surface area contributed by atoms with Crippen molar-refractivity contribution in [2.45, 2.75) is 20.3 Å². The normalized spacial score (nSPS) is 10.6. The second-order valence-electron chi connectivity index (χ2n) is 5.69. The molecule has 2 rings (SSSR count). The Kier molecular flexibility index (Phi) is 8.95. The average molecular weight is 483 g/mol. The van der Waals surface area contributed by atoms with Gasteiger partial charge in [-0.3, -0.25) is 9.59 Å². The highest BCUT2D eigenvalue weighted by atomic mass is 79.9. The molecule has 0 aliphatic heterocycles. The summed E-state index contributed by atoms with van der Waals surface area (Å²) in [6.07, 6.45) is 1.06. The van der Waals surface area contributed by atoms with Gasteiger partial charge < -0.3 is 14.8 Å². The molecule has 0 spiro atoms. The number of anilines is 1. The van der Waals surface area contributed by atoms with Crippen molar-refractivity contribution < 1.29 is 19.1 Å². The number of nitrogens with zero attached hydrogens (tertiary/aromatic N) is 1. The predicted octanol–water partition coefficient (Wildman–Crippen LogP) is 4.38. The van der Waals surface area contributed by atoms with Crippen LogP contribution in [0.1, 0.15) is 25.8 Å². The topological polar surface area (TPSA) is 89.0 Å². The molecule has 154 valence electrons. The molecule has 0 fully saturated rings. The lowest BCUT2D eigenvalue weighted by atomic mass is 10.2. The summed E-state index contributed by atoms with van der Waals surface area (Å²) in [5.41, 5.74) is 3.45. The molecule has 2 N–H and O–H groups in total. The number of carbonyl (C=O) groups excluding carboxylic acids is 2. The number of nitrogens with one attached hydrogen (secondary N) is 2. The van der Waals surface area contributed by atoms with Crippen molar-refractivity contribution >= 4 is 51.2 Å². The third-order valence-electron chi connectivity index (χ3n) is 3.49. The molecular formula is C20H21BrClN3O4. The molecule has 0 aromatic heterocycles. The monoisotopic (exact) mass is 481 g/mol. The Hall–Kier alpha value is -2.58. The zero-order chi connectivity index (χ0) is 21.2. The van der Waals surface area contributed by atoms with Crippen molar-refractivity contribution in [2.75, 3.05) is 18.5 Å². The van der Waals surface area contributed by atoms with Gasteiger partial charge in [0, 0.05) is 0 Å². The maximum Gasteiger partial charge on any atom is 0.249 e. The van der Waals surface area contributed by atoms with Gasteiger partial charge in [-0.1, -0.05) is 23.7 Å². The van der Waals surface area contributed by atoms with Gasteiger partial charge in [-0.15, -0.1) is 0 Å². The van der Waals surface area contributed by atoms with Crippen molar-refractivity contribution in [3.8, 4) is 11.5 Å². The lowest BCUT2D eigenvalue weighted by molar-refractivity contribution is -0.126. The molecule has 7 nitrogen and oxygen atoms in total. The molecule has 0 bridgehead atoms. The number of hydrogen-bond donors (Lipinski definition) is 2. The number of para-hydroxylation sites is 1. The Morgan fingerprint density at radius 2 is 1.86 bits per heavy atom. The van der Waals surface area contributed by atoms with Gasteiger partial charge in [0.2, 0.25) is 11.8 Å². The number of rotatable bonds is 9. The summed E-state index contributed by atoms with van der Waals surface area (Å²) in [5, 5.41) is 6.86. The number of halogens is 2. The summed E-state index contributed by atoms with van der Waals surface area (Å²) < 4.78 is 11.9. The second-order valence-corrected chi connectivity index (χ2v) is 6.96. The molecule has 0 atom stereocenters. The molecule has 2 aromatic carbocycles. The number of benzene rings is 2. The van der Waals surface area contributed by atoms with E-state index in [1.165, 1.54) is 6.21 Å². The quantitative estimate of drug-likeness (QED) is 0.315. The molecule has 0 aliphatic rings. The van der Waals surface area contributed by atoms with Crippen LogP contribution in [-0.4, -0.2) is 31.2 Å². The highest BCUT2D eigenvalue weighted by molar-refractivity contribution is 9.10. The fourth-order valence-electron chi connectivity index (χ4n) is 2.33. The van der Waals surface area contributed by atoms with Crippen LogP contribution in [0.15, 0.2) is 46.0 Å². The molecule has 0 unspecified atom stereocenters. The largest absolute Gasteiger partial charge is 0.490 e. The molecule has 29 heavy (non-hydrogen) atoms. The van der Waals surface area contributed by atoms with E-state index in [1.54, 1.807) is 36.4 Å². The van der Waals surface area contributed by atoms with E-state index in [9.17, 15) is 9.59 Å². The first-order valence-electron chi connectivity index (χ1n) is 8.90. The summed E-state index contributed by atoms with van der Waals surface area (Å²) in [4.78, 5) is 23.9. The SMILES string of the molecule is CCOc1cc(C=NNC(=O)CC(=O)Nc2ccccc2Cl)cc(Br)c1OCC. The van der Waals surface area contributed by atoms with Crippen LogP contribution >= 0.6 is 27.5 Å². The highest BCUT2D eigenvalue weighted by Gasteiger charge is 2.12. The van der Waals surface area contributed by atoms with Gasteiger partial charge in [-0.05, 0) is 59.6 Å².